The number of nitrogens with zero attached hydrogens (tertiary/aromatic N) is 6. The molecule has 0 unspecified atom stereocenters. The second-order valence-electron chi connectivity index (χ2n) is 12.4. The molecule has 0 spiro atoms. The van der Waals surface area contributed by atoms with Gasteiger partial charge in [0.2, 0.25) is 11.6 Å². The summed E-state index contributed by atoms with van der Waals surface area (Å²) in [5.41, 5.74) is 12.5. The predicted molar refractivity (Wildman–Crippen MR) is 205 cm³/mol. The van der Waals surface area contributed by atoms with Crippen molar-refractivity contribution >= 4 is 61.7 Å². The highest BCUT2D eigenvalue weighted by atomic mass is 15.3. The van der Waals surface area contributed by atoms with E-state index in [1.54, 1.807) is 0 Å². The SMILES string of the molecule is c1ccc(N(c2ccccc2)c2cccc(-c3cccc(-n4c5nc6ccccc6n5c5ccccc5n5c6ccccc6nc45)c3)c2)cc1. The van der Waals surface area contributed by atoms with Gasteiger partial charge >= 0.3 is 0 Å². The number of hydrogen-bond donors (Lipinski definition) is 0. The van der Waals surface area contributed by atoms with Gasteiger partial charge in [-0.1, -0.05) is 97.1 Å². The van der Waals surface area contributed by atoms with Crippen molar-refractivity contribution in [2.24, 2.45) is 0 Å². The molecule has 236 valence electrons. The molecule has 0 radical (unpaired) electrons. The Morgan fingerprint density at radius 1 is 0.360 bits per heavy atom. The molecular weight excluding hydrogens is 613 g/mol. The first-order chi connectivity index (χ1) is 24.8. The van der Waals surface area contributed by atoms with Crippen molar-refractivity contribution in [1.29, 1.82) is 0 Å². The van der Waals surface area contributed by atoms with Gasteiger partial charge in [-0.2, -0.15) is 0 Å². The molecule has 50 heavy (non-hydrogen) atoms. The third-order valence-electron chi connectivity index (χ3n) is 9.42. The Bertz CT molecular complexity index is 2730. The molecule has 0 aliphatic rings. The number of benzene rings is 7. The molecule has 6 nitrogen and oxygen atoms in total. The summed E-state index contributed by atoms with van der Waals surface area (Å²) in [4.78, 5) is 12.8. The molecule has 0 N–H and O–H groups in total. The van der Waals surface area contributed by atoms with Crippen LogP contribution in [0.25, 0.3) is 61.5 Å². The topological polar surface area (TPSA) is 42.8 Å². The second kappa shape index (κ2) is 11.4. The highest BCUT2D eigenvalue weighted by molar-refractivity contribution is 5.93. The van der Waals surface area contributed by atoms with Crippen molar-refractivity contribution in [2.75, 3.05) is 4.90 Å². The minimum atomic E-state index is 0.790. The van der Waals surface area contributed by atoms with E-state index in [0.717, 1.165) is 78.5 Å². The van der Waals surface area contributed by atoms with E-state index in [1.807, 2.05) is 12.1 Å². The summed E-state index contributed by atoms with van der Waals surface area (Å²) in [6, 6.07) is 63.7. The molecule has 0 bridgehead atoms. The zero-order chi connectivity index (χ0) is 33.0. The molecular formula is C44H30N6. The van der Waals surface area contributed by atoms with Gasteiger partial charge in [-0.25, -0.2) is 14.5 Å². The van der Waals surface area contributed by atoms with Crippen LogP contribution in [0.15, 0.2) is 182 Å². The molecule has 0 fully saturated rings. The van der Waals surface area contributed by atoms with Crippen molar-refractivity contribution in [2.45, 2.75) is 0 Å². The summed E-state index contributed by atoms with van der Waals surface area (Å²) in [5.74, 6) is 1.58. The Balaban J connectivity index is 1.24. The van der Waals surface area contributed by atoms with E-state index >= 15 is 0 Å². The van der Waals surface area contributed by atoms with Crippen molar-refractivity contribution < 1.29 is 0 Å². The Labute approximate surface area is 288 Å². The molecule has 0 saturated heterocycles. The van der Waals surface area contributed by atoms with E-state index in [0.29, 0.717) is 0 Å². The Kier molecular flexibility index (Phi) is 6.39. The van der Waals surface area contributed by atoms with Crippen LogP contribution in [0.4, 0.5) is 17.1 Å². The van der Waals surface area contributed by atoms with E-state index in [-0.39, 0.29) is 0 Å². The van der Waals surface area contributed by atoms with E-state index in [9.17, 15) is 0 Å². The zero-order valence-corrected chi connectivity index (χ0v) is 27.0. The van der Waals surface area contributed by atoms with Crippen LogP contribution in [0.5, 0.6) is 0 Å². The third-order valence-corrected chi connectivity index (χ3v) is 9.42. The lowest BCUT2D eigenvalue weighted by molar-refractivity contribution is 1.03. The van der Waals surface area contributed by atoms with Crippen LogP contribution in [0.1, 0.15) is 0 Å². The van der Waals surface area contributed by atoms with Crippen LogP contribution in [0, 0.1) is 0 Å². The standard InChI is InChI=1S/C44H30N6/c1-3-17-33(18-4-1)47(34-19-5-2-6-20-34)35-21-13-15-31(29-35)32-16-14-22-36(30-32)48-43-45-37-23-7-9-25-39(37)49(43)41-27-11-12-28-42(41)50-40-26-10-8-24-38(40)46-44(48)50/h1-30H. The van der Waals surface area contributed by atoms with Gasteiger partial charge in [0.25, 0.3) is 0 Å². The maximum absolute atomic E-state index is 5.27. The molecule has 0 amide bonds. The van der Waals surface area contributed by atoms with Crippen molar-refractivity contribution in [1.82, 2.24) is 23.3 Å². The van der Waals surface area contributed by atoms with Gasteiger partial charge in [-0.3, -0.25) is 8.80 Å². The summed E-state index contributed by atoms with van der Waals surface area (Å²) in [6.07, 6.45) is 0. The fourth-order valence-corrected chi connectivity index (χ4v) is 7.21. The van der Waals surface area contributed by atoms with Gasteiger partial charge in [0.1, 0.15) is 0 Å². The molecule has 10 aromatic rings. The van der Waals surface area contributed by atoms with E-state index in [4.69, 9.17) is 9.97 Å². The maximum Gasteiger partial charge on any atom is 0.223 e. The van der Waals surface area contributed by atoms with Crippen molar-refractivity contribution in [3.8, 4) is 16.8 Å². The van der Waals surface area contributed by atoms with E-state index in [1.165, 1.54) is 0 Å². The zero-order valence-electron chi connectivity index (χ0n) is 27.0. The summed E-state index contributed by atoms with van der Waals surface area (Å²) in [6.45, 7) is 0. The fourth-order valence-electron chi connectivity index (χ4n) is 7.21. The molecule has 7 aromatic carbocycles. The van der Waals surface area contributed by atoms with Crippen LogP contribution in [-0.4, -0.2) is 23.3 Å². The fraction of sp³-hybridized carbons (Fsp3) is 0. The number of rotatable bonds is 5. The minimum absolute atomic E-state index is 0.790. The lowest BCUT2D eigenvalue weighted by Crippen LogP contribution is -2.09. The van der Waals surface area contributed by atoms with Gasteiger partial charge in [0.15, 0.2) is 0 Å². The summed E-state index contributed by atoms with van der Waals surface area (Å²) in [7, 11) is 0. The van der Waals surface area contributed by atoms with Crippen LogP contribution in [0.2, 0.25) is 0 Å². The van der Waals surface area contributed by atoms with Crippen LogP contribution in [0.3, 0.4) is 0 Å². The van der Waals surface area contributed by atoms with E-state index < -0.39 is 0 Å². The average Bonchev–Trinajstić information content (AvgIpc) is 3.72. The molecule has 3 heterocycles. The number of imidazole rings is 2. The lowest BCUT2D eigenvalue weighted by atomic mass is 10.0. The number of hydrogen-bond acceptors (Lipinski definition) is 3. The second-order valence-corrected chi connectivity index (χ2v) is 12.4. The molecule has 3 aromatic heterocycles. The predicted octanol–water partition coefficient (Wildman–Crippen LogP) is 10.9. The highest BCUT2D eigenvalue weighted by Gasteiger charge is 2.19. The molecule has 10 rings (SSSR count). The average molecular weight is 643 g/mol. The van der Waals surface area contributed by atoms with Gasteiger partial charge in [0, 0.05) is 17.1 Å². The number of para-hydroxylation sites is 8. The third kappa shape index (κ3) is 4.43. The molecule has 0 aliphatic heterocycles. The molecule has 6 heteroatoms. The smallest absolute Gasteiger partial charge is 0.223 e. The van der Waals surface area contributed by atoms with Crippen LogP contribution in [-0.2, 0) is 0 Å². The first kappa shape index (κ1) is 28.1. The van der Waals surface area contributed by atoms with Crippen LogP contribution >= 0.6 is 0 Å². The minimum Gasteiger partial charge on any atom is -0.310 e. The first-order valence-electron chi connectivity index (χ1n) is 16.8. The van der Waals surface area contributed by atoms with Crippen LogP contribution < -0.4 is 4.90 Å². The number of anilines is 3. The summed E-state index contributed by atoms with van der Waals surface area (Å²) in [5, 5.41) is 0. The van der Waals surface area contributed by atoms with Gasteiger partial charge < -0.3 is 4.90 Å². The van der Waals surface area contributed by atoms with Gasteiger partial charge in [-0.05, 0) is 96.1 Å². The lowest BCUT2D eigenvalue weighted by Gasteiger charge is -2.26. The monoisotopic (exact) mass is 642 g/mol. The largest absolute Gasteiger partial charge is 0.310 e. The highest BCUT2D eigenvalue weighted by Crippen LogP contribution is 2.37. The molecule has 0 atom stereocenters. The van der Waals surface area contributed by atoms with Crippen molar-refractivity contribution in [3.63, 3.8) is 0 Å². The van der Waals surface area contributed by atoms with Gasteiger partial charge in [0.05, 0.1) is 38.8 Å². The Morgan fingerprint density at radius 2 is 0.800 bits per heavy atom. The van der Waals surface area contributed by atoms with Crippen molar-refractivity contribution in [3.05, 3.63) is 182 Å². The Hall–Kier alpha value is -6.92. The quantitative estimate of drug-likeness (QED) is 0.188. The maximum atomic E-state index is 5.27. The summed E-state index contributed by atoms with van der Waals surface area (Å²) >= 11 is 0. The Morgan fingerprint density at radius 3 is 1.36 bits per heavy atom. The molecule has 0 saturated carbocycles. The van der Waals surface area contributed by atoms with Gasteiger partial charge in [-0.15, -0.1) is 0 Å². The number of fused-ring (bicyclic) bond motifs is 9. The molecule has 0 aliphatic carbocycles. The number of aromatic nitrogens is 5. The summed E-state index contributed by atoms with van der Waals surface area (Å²) < 4.78 is 6.73. The van der Waals surface area contributed by atoms with E-state index in [2.05, 4.69) is 188 Å². The first-order valence-corrected chi connectivity index (χ1v) is 16.8. The normalized spacial score (nSPS) is 11.6.